The summed E-state index contributed by atoms with van der Waals surface area (Å²) in [6.45, 7) is 0. The monoisotopic (exact) mass is 493 g/mol. The van der Waals surface area contributed by atoms with E-state index in [9.17, 15) is 15.3 Å². The number of fused-ring (bicyclic) bond motifs is 3. The topological polar surface area (TPSA) is 77.1 Å². The number of ether oxygens (including phenoxy) is 1. The molecule has 6 rings (SSSR count). The highest BCUT2D eigenvalue weighted by atomic mass is 16.5. The molecule has 0 bridgehead atoms. The number of ketones is 1. The van der Waals surface area contributed by atoms with Crippen LogP contribution in [0.5, 0.6) is 11.5 Å². The Hall–Kier alpha value is -5.13. The minimum atomic E-state index is -1.54. The van der Waals surface area contributed by atoms with Crippen molar-refractivity contribution in [2.24, 2.45) is 5.41 Å². The summed E-state index contributed by atoms with van der Waals surface area (Å²) in [5.41, 5.74) is 1.39. The van der Waals surface area contributed by atoms with Crippen LogP contribution in [0.2, 0.25) is 0 Å². The summed E-state index contributed by atoms with van der Waals surface area (Å²) in [7, 11) is 0. The fourth-order valence-electron chi connectivity index (χ4n) is 5.86. The third-order valence-electron chi connectivity index (χ3n) is 7.47. The molecule has 0 aliphatic carbocycles. The summed E-state index contributed by atoms with van der Waals surface area (Å²) < 4.78 is 6.09. The molecule has 0 radical (unpaired) electrons. The number of hydrogen-bond donors (Lipinski definition) is 0. The van der Waals surface area contributed by atoms with Crippen LogP contribution in [-0.2, 0) is 0 Å². The molecule has 0 amide bonds. The van der Waals surface area contributed by atoms with Crippen molar-refractivity contribution in [3.63, 3.8) is 0 Å². The van der Waals surface area contributed by atoms with Gasteiger partial charge in [0.1, 0.15) is 17.5 Å². The number of hydrogen-bond acceptors (Lipinski definition) is 5. The summed E-state index contributed by atoms with van der Waals surface area (Å²) in [4.78, 5) is 16.3. The van der Waals surface area contributed by atoms with Gasteiger partial charge >= 0.3 is 0 Å². The van der Waals surface area contributed by atoms with Crippen molar-refractivity contribution < 1.29 is 9.53 Å². The van der Waals surface area contributed by atoms with Gasteiger partial charge in [0.2, 0.25) is 0 Å². The van der Waals surface area contributed by atoms with Crippen LogP contribution in [0, 0.1) is 28.1 Å². The first-order valence-electron chi connectivity index (χ1n) is 12.5. The smallest absolute Gasteiger partial charge is 0.186 e. The van der Waals surface area contributed by atoms with Gasteiger partial charge in [0.15, 0.2) is 11.2 Å². The molecule has 0 spiro atoms. The largest absolute Gasteiger partial charge is 0.457 e. The average molecular weight is 494 g/mol. The zero-order chi connectivity index (χ0) is 26.1. The maximum Gasteiger partial charge on any atom is 0.186 e. The number of Topliss-reactive ketones (excluding diaryl/α,β-unsaturated/α-hetero) is 1. The number of benzene rings is 4. The minimum Gasteiger partial charge on any atom is -0.457 e. The van der Waals surface area contributed by atoms with E-state index in [1.54, 1.807) is 24.3 Å². The highest BCUT2D eigenvalue weighted by Crippen LogP contribution is 2.56. The van der Waals surface area contributed by atoms with Crippen molar-refractivity contribution in [1.29, 1.82) is 10.5 Å². The molecule has 2 aliphatic rings. The van der Waals surface area contributed by atoms with E-state index in [0.29, 0.717) is 22.6 Å². The molecule has 0 saturated carbocycles. The predicted octanol–water partition coefficient (Wildman–Crippen LogP) is 6.76. The number of nitriles is 2. The molecule has 182 valence electrons. The molecular formula is C33H23N3O2. The molecule has 4 aromatic carbocycles. The van der Waals surface area contributed by atoms with Gasteiger partial charge < -0.3 is 9.64 Å². The van der Waals surface area contributed by atoms with Crippen molar-refractivity contribution in [2.45, 2.75) is 18.0 Å². The van der Waals surface area contributed by atoms with Gasteiger partial charge in [-0.2, -0.15) is 10.5 Å². The molecule has 4 atom stereocenters. The fraction of sp³-hybridized carbons (Fsp3) is 0.121. The first-order chi connectivity index (χ1) is 18.7. The fourth-order valence-corrected chi connectivity index (χ4v) is 5.86. The van der Waals surface area contributed by atoms with Gasteiger partial charge in [-0.3, -0.25) is 4.79 Å². The molecule has 5 heteroatoms. The van der Waals surface area contributed by atoms with E-state index in [2.05, 4.69) is 12.1 Å². The van der Waals surface area contributed by atoms with Crippen LogP contribution in [0.4, 0.5) is 5.69 Å². The minimum absolute atomic E-state index is 0.295. The molecule has 2 heterocycles. The van der Waals surface area contributed by atoms with Gasteiger partial charge in [0.25, 0.3) is 0 Å². The van der Waals surface area contributed by atoms with E-state index in [1.165, 1.54) is 0 Å². The Morgan fingerprint density at radius 3 is 2.24 bits per heavy atom. The lowest BCUT2D eigenvalue weighted by molar-refractivity contribution is 0.0841. The van der Waals surface area contributed by atoms with Crippen molar-refractivity contribution in [3.8, 4) is 23.6 Å². The van der Waals surface area contributed by atoms with Crippen LogP contribution in [0.3, 0.4) is 0 Å². The molecular weight excluding hydrogens is 470 g/mol. The molecule has 1 saturated heterocycles. The van der Waals surface area contributed by atoms with E-state index in [1.807, 2.05) is 102 Å². The van der Waals surface area contributed by atoms with Crippen LogP contribution in [0.25, 0.3) is 6.08 Å². The highest BCUT2D eigenvalue weighted by Gasteiger charge is 2.64. The van der Waals surface area contributed by atoms with Gasteiger partial charge in [-0.05, 0) is 41.5 Å². The number of para-hydroxylation sites is 2. The van der Waals surface area contributed by atoms with E-state index in [4.69, 9.17) is 4.74 Å². The van der Waals surface area contributed by atoms with Crippen LogP contribution in [0.1, 0.15) is 27.4 Å². The number of carbonyl (C=O) groups excluding carboxylic acids is 1. The lowest BCUT2D eigenvalue weighted by Crippen LogP contribution is -2.45. The molecule has 4 aromatic rings. The maximum absolute atomic E-state index is 14.4. The summed E-state index contributed by atoms with van der Waals surface area (Å²) in [5.74, 6) is 0.224. The second-order valence-corrected chi connectivity index (χ2v) is 9.49. The van der Waals surface area contributed by atoms with Crippen molar-refractivity contribution in [1.82, 2.24) is 0 Å². The van der Waals surface area contributed by atoms with E-state index < -0.39 is 23.4 Å². The molecule has 38 heavy (non-hydrogen) atoms. The molecule has 4 unspecified atom stereocenters. The lowest BCUT2D eigenvalue weighted by atomic mass is 9.65. The maximum atomic E-state index is 14.4. The van der Waals surface area contributed by atoms with E-state index >= 15 is 0 Å². The number of nitrogens with zero attached hydrogens (tertiary/aromatic N) is 3. The van der Waals surface area contributed by atoms with Gasteiger partial charge in [-0.15, -0.1) is 0 Å². The van der Waals surface area contributed by atoms with Crippen LogP contribution >= 0.6 is 0 Å². The Balaban J connectivity index is 1.55. The van der Waals surface area contributed by atoms with Gasteiger partial charge in [-0.1, -0.05) is 91.0 Å². The normalized spacial score (nSPS) is 23.0. The Labute approximate surface area is 221 Å². The SMILES string of the molecule is N#CC1C(c2cccc(Oc3ccccc3)c2)C(C#N)(C(=O)c2ccccc2)C2C=Cc3ccccc3N12. The third-order valence-corrected chi connectivity index (χ3v) is 7.47. The summed E-state index contributed by atoms with van der Waals surface area (Å²) in [6, 6.07) is 37.0. The number of rotatable bonds is 5. The van der Waals surface area contributed by atoms with Crippen molar-refractivity contribution in [2.75, 3.05) is 4.90 Å². The summed E-state index contributed by atoms with van der Waals surface area (Å²) in [6.07, 6.45) is 3.85. The Morgan fingerprint density at radius 1 is 0.816 bits per heavy atom. The van der Waals surface area contributed by atoms with Crippen LogP contribution < -0.4 is 9.64 Å². The Kier molecular flexibility index (Phi) is 5.75. The van der Waals surface area contributed by atoms with Gasteiger partial charge in [0, 0.05) is 17.2 Å². The van der Waals surface area contributed by atoms with Crippen LogP contribution in [-0.4, -0.2) is 17.9 Å². The van der Waals surface area contributed by atoms with Crippen molar-refractivity contribution in [3.05, 3.63) is 132 Å². The number of anilines is 1. The van der Waals surface area contributed by atoms with Crippen molar-refractivity contribution >= 4 is 17.5 Å². The Morgan fingerprint density at radius 2 is 1.50 bits per heavy atom. The van der Waals surface area contributed by atoms with E-state index in [0.717, 1.165) is 11.3 Å². The quantitative estimate of drug-likeness (QED) is 0.287. The van der Waals surface area contributed by atoms with Crippen LogP contribution in [0.15, 0.2) is 115 Å². The highest BCUT2D eigenvalue weighted by molar-refractivity contribution is 6.05. The second-order valence-electron chi connectivity index (χ2n) is 9.49. The van der Waals surface area contributed by atoms with E-state index in [-0.39, 0.29) is 5.78 Å². The lowest BCUT2D eigenvalue weighted by Gasteiger charge is -2.35. The third kappa shape index (κ3) is 3.57. The summed E-state index contributed by atoms with van der Waals surface area (Å²) >= 11 is 0. The standard InChI is InChI=1S/C33H23N3O2/c34-21-29-31(25-13-9-16-27(20-25)38-26-14-5-2-6-15-26)33(22-35,32(37)24-11-3-1-4-12-24)30-19-18-23-10-7-8-17-28(23)36(29)30/h1-20,29-31H. The number of carbonyl (C=O) groups is 1. The second kappa shape index (κ2) is 9.39. The first-order valence-corrected chi connectivity index (χ1v) is 12.5. The molecule has 5 nitrogen and oxygen atoms in total. The zero-order valence-electron chi connectivity index (χ0n) is 20.4. The predicted molar refractivity (Wildman–Crippen MR) is 146 cm³/mol. The first kappa shape index (κ1) is 23.3. The summed E-state index contributed by atoms with van der Waals surface area (Å²) in [5, 5.41) is 21.5. The zero-order valence-corrected chi connectivity index (χ0v) is 20.4. The van der Waals surface area contributed by atoms with Gasteiger partial charge in [-0.25, -0.2) is 0 Å². The Bertz CT molecular complexity index is 1620. The molecule has 2 aliphatic heterocycles. The molecule has 0 aromatic heterocycles. The molecule has 0 N–H and O–H groups in total. The molecule has 1 fully saturated rings. The van der Waals surface area contributed by atoms with Gasteiger partial charge in [0.05, 0.1) is 18.2 Å². The average Bonchev–Trinajstić information content (AvgIpc) is 3.29.